The van der Waals surface area contributed by atoms with Gasteiger partial charge in [0.05, 0.1) is 12.6 Å². The number of benzene rings is 2. The van der Waals surface area contributed by atoms with Gasteiger partial charge in [-0.25, -0.2) is 4.39 Å². The van der Waals surface area contributed by atoms with Crippen LogP contribution in [0.3, 0.4) is 0 Å². The number of hydrogen-bond acceptors (Lipinski definition) is 3. The quantitative estimate of drug-likeness (QED) is 0.706. The zero-order valence-electron chi connectivity index (χ0n) is 12.9. The van der Waals surface area contributed by atoms with E-state index in [4.69, 9.17) is 0 Å². The Labute approximate surface area is 144 Å². The molecule has 0 unspecified atom stereocenters. The van der Waals surface area contributed by atoms with Crippen molar-refractivity contribution in [2.45, 2.75) is 6.04 Å². The molecule has 0 radical (unpaired) electrons. The molecule has 1 atom stereocenters. The van der Waals surface area contributed by atoms with Crippen molar-refractivity contribution in [3.05, 3.63) is 88.4 Å². The van der Waals surface area contributed by atoms with Crippen LogP contribution in [0.4, 0.5) is 10.1 Å². The van der Waals surface area contributed by atoms with Gasteiger partial charge in [0.25, 0.3) is 0 Å². The van der Waals surface area contributed by atoms with Gasteiger partial charge in [0.15, 0.2) is 0 Å². The Bertz CT molecular complexity index is 773. The summed E-state index contributed by atoms with van der Waals surface area (Å²) in [5.41, 5.74) is 1.69. The summed E-state index contributed by atoms with van der Waals surface area (Å²) in [6.07, 6.45) is 0. The molecule has 2 N–H and O–H groups in total. The third-order valence-electron chi connectivity index (χ3n) is 3.56. The molecule has 1 aromatic heterocycles. The summed E-state index contributed by atoms with van der Waals surface area (Å²) >= 11 is 1.65. The molecular weight excluding hydrogens is 323 g/mol. The number of hydrogen-bond donors (Lipinski definition) is 2. The zero-order valence-corrected chi connectivity index (χ0v) is 13.7. The molecule has 0 aliphatic carbocycles. The van der Waals surface area contributed by atoms with Crippen LogP contribution in [0.1, 0.15) is 16.5 Å². The first kappa shape index (κ1) is 16.4. The Balaban J connectivity index is 1.65. The van der Waals surface area contributed by atoms with Gasteiger partial charge in [0.2, 0.25) is 5.91 Å². The Morgan fingerprint density at radius 1 is 1.00 bits per heavy atom. The molecule has 2 aromatic carbocycles. The van der Waals surface area contributed by atoms with E-state index >= 15 is 0 Å². The second kappa shape index (κ2) is 7.86. The average molecular weight is 340 g/mol. The normalized spacial score (nSPS) is 11.9. The SMILES string of the molecule is O=C(CN[C@@H](c1ccccc1)c1cccs1)Nc1ccc(F)cc1. The minimum absolute atomic E-state index is 0.0369. The average Bonchev–Trinajstić information content (AvgIpc) is 3.12. The summed E-state index contributed by atoms with van der Waals surface area (Å²) in [6.45, 7) is 0.162. The van der Waals surface area contributed by atoms with Crippen LogP contribution in [-0.4, -0.2) is 12.5 Å². The Kier molecular flexibility index (Phi) is 5.36. The summed E-state index contributed by atoms with van der Waals surface area (Å²) in [5.74, 6) is -0.493. The molecule has 0 bridgehead atoms. The Morgan fingerprint density at radius 2 is 1.75 bits per heavy atom. The first-order valence-electron chi connectivity index (χ1n) is 7.59. The topological polar surface area (TPSA) is 41.1 Å². The predicted molar refractivity (Wildman–Crippen MR) is 95.6 cm³/mol. The highest BCUT2D eigenvalue weighted by molar-refractivity contribution is 7.10. The van der Waals surface area contributed by atoms with Gasteiger partial charge in [-0.15, -0.1) is 11.3 Å². The molecule has 1 heterocycles. The summed E-state index contributed by atoms with van der Waals surface area (Å²) in [7, 11) is 0. The minimum Gasteiger partial charge on any atom is -0.325 e. The molecule has 0 saturated heterocycles. The van der Waals surface area contributed by atoms with E-state index in [0.29, 0.717) is 5.69 Å². The second-order valence-corrected chi connectivity index (χ2v) is 6.27. The third kappa shape index (κ3) is 4.28. The van der Waals surface area contributed by atoms with Crippen LogP contribution in [0.25, 0.3) is 0 Å². The van der Waals surface area contributed by atoms with Gasteiger partial charge in [-0.2, -0.15) is 0 Å². The van der Waals surface area contributed by atoms with E-state index in [1.807, 2.05) is 47.8 Å². The minimum atomic E-state index is -0.326. The lowest BCUT2D eigenvalue weighted by Crippen LogP contribution is -2.31. The van der Waals surface area contributed by atoms with Crippen molar-refractivity contribution in [2.24, 2.45) is 0 Å². The van der Waals surface area contributed by atoms with E-state index in [0.717, 1.165) is 10.4 Å². The number of anilines is 1. The highest BCUT2D eigenvalue weighted by Gasteiger charge is 2.15. The molecule has 0 aliphatic rings. The maximum Gasteiger partial charge on any atom is 0.238 e. The van der Waals surface area contributed by atoms with E-state index in [1.54, 1.807) is 23.5 Å². The van der Waals surface area contributed by atoms with Crippen molar-refractivity contribution in [2.75, 3.05) is 11.9 Å². The Morgan fingerprint density at radius 3 is 2.42 bits per heavy atom. The predicted octanol–water partition coefficient (Wildman–Crippen LogP) is 4.20. The van der Waals surface area contributed by atoms with Crippen LogP contribution < -0.4 is 10.6 Å². The van der Waals surface area contributed by atoms with Crippen LogP contribution in [0.2, 0.25) is 0 Å². The number of nitrogens with one attached hydrogen (secondary N) is 2. The Hall–Kier alpha value is -2.50. The van der Waals surface area contributed by atoms with Crippen molar-refractivity contribution < 1.29 is 9.18 Å². The zero-order chi connectivity index (χ0) is 16.8. The molecule has 3 rings (SSSR count). The first-order valence-corrected chi connectivity index (χ1v) is 8.47. The first-order chi connectivity index (χ1) is 11.7. The van der Waals surface area contributed by atoms with Gasteiger partial charge in [-0.05, 0) is 41.3 Å². The lowest BCUT2D eigenvalue weighted by molar-refractivity contribution is -0.115. The fourth-order valence-corrected chi connectivity index (χ4v) is 3.24. The second-order valence-electron chi connectivity index (χ2n) is 5.30. The number of carbonyl (C=O) groups excluding carboxylic acids is 1. The standard InChI is InChI=1S/C19H17FN2OS/c20-15-8-10-16(11-9-15)22-18(23)13-21-19(17-7-4-12-24-17)14-5-2-1-3-6-14/h1-12,19,21H,13H2,(H,22,23)/t19-/m0/s1. The summed E-state index contributed by atoms with van der Waals surface area (Å²) in [6, 6.07) is 19.7. The molecule has 3 aromatic rings. The number of thiophene rings is 1. The van der Waals surface area contributed by atoms with Crippen LogP contribution in [0, 0.1) is 5.82 Å². The van der Waals surface area contributed by atoms with E-state index in [1.165, 1.54) is 12.1 Å². The molecule has 0 saturated carbocycles. The van der Waals surface area contributed by atoms with Crippen molar-refractivity contribution in [3.63, 3.8) is 0 Å². The largest absolute Gasteiger partial charge is 0.325 e. The molecule has 3 nitrogen and oxygen atoms in total. The third-order valence-corrected chi connectivity index (χ3v) is 4.49. The van der Waals surface area contributed by atoms with Gasteiger partial charge in [0, 0.05) is 10.6 Å². The highest BCUT2D eigenvalue weighted by atomic mass is 32.1. The highest BCUT2D eigenvalue weighted by Crippen LogP contribution is 2.25. The lowest BCUT2D eigenvalue weighted by Gasteiger charge is -2.18. The molecule has 24 heavy (non-hydrogen) atoms. The van der Waals surface area contributed by atoms with Crippen LogP contribution in [0.15, 0.2) is 72.1 Å². The van der Waals surface area contributed by atoms with Gasteiger partial charge in [-0.1, -0.05) is 36.4 Å². The van der Waals surface area contributed by atoms with E-state index in [-0.39, 0.29) is 24.3 Å². The molecule has 0 fully saturated rings. The molecule has 0 aliphatic heterocycles. The fourth-order valence-electron chi connectivity index (χ4n) is 2.42. The number of halogens is 1. The van der Waals surface area contributed by atoms with Crippen LogP contribution in [-0.2, 0) is 4.79 Å². The van der Waals surface area contributed by atoms with Gasteiger partial charge >= 0.3 is 0 Å². The maximum atomic E-state index is 12.9. The van der Waals surface area contributed by atoms with Gasteiger partial charge in [-0.3, -0.25) is 10.1 Å². The van der Waals surface area contributed by atoms with Gasteiger partial charge in [0.1, 0.15) is 5.82 Å². The van der Waals surface area contributed by atoms with Crippen LogP contribution in [0.5, 0.6) is 0 Å². The van der Waals surface area contributed by atoms with Crippen LogP contribution >= 0.6 is 11.3 Å². The van der Waals surface area contributed by atoms with E-state index < -0.39 is 0 Å². The smallest absolute Gasteiger partial charge is 0.238 e. The number of amides is 1. The van der Waals surface area contributed by atoms with E-state index in [2.05, 4.69) is 10.6 Å². The van der Waals surface area contributed by atoms with Crippen molar-refractivity contribution in [1.29, 1.82) is 0 Å². The van der Waals surface area contributed by atoms with E-state index in [9.17, 15) is 9.18 Å². The van der Waals surface area contributed by atoms with Gasteiger partial charge < -0.3 is 5.32 Å². The summed E-state index contributed by atoms with van der Waals surface area (Å²) in [4.78, 5) is 13.3. The number of carbonyl (C=O) groups is 1. The fraction of sp³-hybridized carbons (Fsp3) is 0.105. The molecule has 122 valence electrons. The molecule has 1 amide bonds. The maximum absolute atomic E-state index is 12.9. The van der Waals surface area contributed by atoms with Crippen molar-refractivity contribution in [3.8, 4) is 0 Å². The summed E-state index contributed by atoms with van der Waals surface area (Å²) in [5, 5.41) is 8.07. The van der Waals surface area contributed by atoms with Crippen molar-refractivity contribution >= 4 is 22.9 Å². The number of rotatable bonds is 6. The molecule has 5 heteroatoms. The van der Waals surface area contributed by atoms with Crippen molar-refractivity contribution in [1.82, 2.24) is 5.32 Å². The monoisotopic (exact) mass is 340 g/mol. The molecular formula is C19H17FN2OS. The lowest BCUT2D eigenvalue weighted by atomic mass is 10.1. The molecule has 0 spiro atoms. The summed E-state index contributed by atoms with van der Waals surface area (Å²) < 4.78 is 12.9.